The Morgan fingerprint density at radius 3 is 2.63 bits per heavy atom. The minimum Gasteiger partial charge on any atom is -0.386 e. The number of rotatable bonds is 3. The normalized spacial score (nSPS) is 11.6. The summed E-state index contributed by atoms with van der Waals surface area (Å²) < 4.78 is 13.6. The Balaban J connectivity index is 2.40. The van der Waals surface area contributed by atoms with Gasteiger partial charge in [0.2, 0.25) is 0 Å². The van der Waals surface area contributed by atoms with Crippen LogP contribution in [0, 0.1) is 12.7 Å². The van der Waals surface area contributed by atoms with Crippen LogP contribution in [0.3, 0.4) is 0 Å². The number of nitrogens with two attached hydrogens (primary N) is 1. The van der Waals surface area contributed by atoms with Crippen LogP contribution < -0.4 is 5.73 Å². The Morgan fingerprint density at radius 2 is 1.95 bits per heavy atom. The number of benzene rings is 2. The van der Waals surface area contributed by atoms with Gasteiger partial charge in [-0.3, -0.25) is 0 Å². The van der Waals surface area contributed by atoms with Crippen LogP contribution in [0.4, 0.5) is 10.1 Å². The summed E-state index contributed by atoms with van der Waals surface area (Å²) in [7, 11) is 0. The standard InChI is InChI=1S/C15H14ClFN2/c1-10-5-6-12(8-14(10)17)11-3-2-4-13(7-11)19-15(18)9-16/h2-8H,9H2,1H3,(H2,18,19). The molecule has 2 aromatic carbocycles. The molecule has 0 aromatic heterocycles. The van der Waals surface area contributed by atoms with Crippen molar-refractivity contribution in [1.29, 1.82) is 0 Å². The fourth-order valence-electron chi connectivity index (χ4n) is 1.72. The van der Waals surface area contributed by atoms with Crippen molar-refractivity contribution in [3.8, 4) is 11.1 Å². The zero-order valence-electron chi connectivity index (χ0n) is 10.5. The number of aliphatic imine (C=N–C) groups is 1. The Hall–Kier alpha value is -1.87. The van der Waals surface area contributed by atoms with Crippen molar-refractivity contribution < 1.29 is 4.39 Å². The first-order chi connectivity index (χ1) is 9.10. The molecular weight excluding hydrogens is 263 g/mol. The number of nitrogens with zero attached hydrogens (tertiary/aromatic N) is 1. The first-order valence-corrected chi connectivity index (χ1v) is 6.39. The highest BCUT2D eigenvalue weighted by Gasteiger charge is 2.03. The van der Waals surface area contributed by atoms with E-state index in [0.717, 1.165) is 11.1 Å². The molecule has 0 atom stereocenters. The minimum atomic E-state index is -0.216. The molecule has 2 rings (SSSR count). The van der Waals surface area contributed by atoms with E-state index in [9.17, 15) is 4.39 Å². The summed E-state index contributed by atoms with van der Waals surface area (Å²) in [6.45, 7) is 1.74. The third kappa shape index (κ3) is 3.32. The van der Waals surface area contributed by atoms with Gasteiger partial charge in [-0.1, -0.05) is 24.3 Å². The topological polar surface area (TPSA) is 38.4 Å². The van der Waals surface area contributed by atoms with E-state index in [4.69, 9.17) is 17.3 Å². The summed E-state index contributed by atoms with van der Waals surface area (Å²) in [5, 5.41) is 0. The lowest BCUT2D eigenvalue weighted by Gasteiger charge is -2.05. The lowest BCUT2D eigenvalue weighted by molar-refractivity contribution is 0.619. The molecule has 0 fully saturated rings. The third-order valence-electron chi connectivity index (χ3n) is 2.76. The molecule has 0 spiro atoms. The number of amidine groups is 1. The van der Waals surface area contributed by atoms with E-state index in [2.05, 4.69) is 4.99 Å². The van der Waals surface area contributed by atoms with E-state index in [1.54, 1.807) is 13.0 Å². The quantitative estimate of drug-likeness (QED) is 0.513. The molecule has 0 bridgehead atoms. The molecule has 2 aromatic rings. The summed E-state index contributed by atoms with van der Waals surface area (Å²) in [6, 6.07) is 12.6. The van der Waals surface area contributed by atoms with Gasteiger partial charge in [0.25, 0.3) is 0 Å². The van der Waals surface area contributed by atoms with E-state index in [0.29, 0.717) is 17.1 Å². The van der Waals surface area contributed by atoms with E-state index >= 15 is 0 Å². The first-order valence-electron chi connectivity index (χ1n) is 5.86. The van der Waals surface area contributed by atoms with Crippen molar-refractivity contribution in [2.45, 2.75) is 6.92 Å². The average molecular weight is 277 g/mol. The largest absolute Gasteiger partial charge is 0.386 e. The second-order valence-corrected chi connectivity index (χ2v) is 4.52. The number of hydrogen-bond donors (Lipinski definition) is 1. The van der Waals surface area contributed by atoms with E-state index in [1.165, 1.54) is 6.07 Å². The molecule has 0 aliphatic rings. The van der Waals surface area contributed by atoms with Gasteiger partial charge in [0.05, 0.1) is 11.6 Å². The molecule has 98 valence electrons. The molecule has 0 saturated heterocycles. The predicted octanol–water partition coefficient (Wildman–Crippen LogP) is 4.03. The first kappa shape index (κ1) is 13.6. The van der Waals surface area contributed by atoms with Crippen molar-refractivity contribution in [3.63, 3.8) is 0 Å². The van der Waals surface area contributed by atoms with Gasteiger partial charge in [0, 0.05) is 0 Å². The van der Waals surface area contributed by atoms with Crippen molar-refractivity contribution >= 4 is 23.1 Å². The Bertz CT molecular complexity index is 623. The molecule has 0 heterocycles. The molecule has 0 aliphatic heterocycles. The Kier molecular flexibility index (Phi) is 4.17. The highest BCUT2D eigenvalue weighted by molar-refractivity contribution is 6.28. The van der Waals surface area contributed by atoms with Crippen LogP contribution in [0.15, 0.2) is 47.5 Å². The Morgan fingerprint density at radius 1 is 1.21 bits per heavy atom. The van der Waals surface area contributed by atoms with Crippen molar-refractivity contribution in [2.75, 3.05) is 5.88 Å². The number of halogens is 2. The highest BCUT2D eigenvalue weighted by atomic mass is 35.5. The maximum absolute atomic E-state index is 13.6. The van der Waals surface area contributed by atoms with Crippen LogP contribution in [0.5, 0.6) is 0 Å². The molecule has 0 unspecified atom stereocenters. The lowest BCUT2D eigenvalue weighted by Crippen LogP contribution is -2.12. The Labute approximate surface area is 116 Å². The van der Waals surface area contributed by atoms with Gasteiger partial charge in [0.1, 0.15) is 11.7 Å². The average Bonchev–Trinajstić information content (AvgIpc) is 2.42. The van der Waals surface area contributed by atoms with Gasteiger partial charge in [0.15, 0.2) is 0 Å². The fraction of sp³-hybridized carbons (Fsp3) is 0.133. The molecule has 0 amide bonds. The SMILES string of the molecule is Cc1ccc(-c2cccc(N=C(N)CCl)c2)cc1F. The van der Waals surface area contributed by atoms with Crippen molar-refractivity contribution in [1.82, 2.24) is 0 Å². The fourth-order valence-corrected chi connectivity index (χ4v) is 1.78. The van der Waals surface area contributed by atoms with Gasteiger partial charge in [-0.2, -0.15) is 0 Å². The summed E-state index contributed by atoms with van der Waals surface area (Å²) >= 11 is 5.59. The molecule has 0 saturated carbocycles. The maximum Gasteiger partial charge on any atom is 0.126 e. The van der Waals surface area contributed by atoms with E-state index < -0.39 is 0 Å². The monoisotopic (exact) mass is 276 g/mol. The molecular formula is C15H14ClFN2. The third-order valence-corrected chi connectivity index (χ3v) is 3.03. The predicted molar refractivity (Wildman–Crippen MR) is 78.6 cm³/mol. The van der Waals surface area contributed by atoms with Crippen LogP contribution in [-0.4, -0.2) is 11.7 Å². The summed E-state index contributed by atoms with van der Waals surface area (Å²) in [5.74, 6) is 0.323. The van der Waals surface area contributed by atoms with Crippen molar-refractivity contribution in [2.24, 2.45) is 10.7 Å². The van der Waals surface area contributed by atoms with E-state index in [1.807, 2.05) is 30.3 Å². The van der Waals surface area contributed by atoms with E-state index in [-0.39, 0.29) is 11.7 Å². The molecule has 2 N–H and O–H groups in total. The van der Waals surface area contributed by atoms with Crippen LogP contribution in [-0.2, 0) is 0 Å². The maximum atomic E-state index is 13.6. The van der Waals surface area contributed by atoms with Gasteiger partial charge < -0.3 is 5.73 Å². The minimum absolute atomic E-state index is 0.184. The molecule has 0 aliphatic carbocycles. The van der Waals surface area contributed by atoms with Crippen LogP contribution in [0.1, 0.15) is 5.56 Å². The zero-order chi connectivity index (χ0) is 13.8. The number of aryl methyl sites for hydroxylation is 1. The second-order valence-electron chi connectivity index (χ2n) is 4.25. The lowest BCUT2D eigenvalue weighted by atomic mass is 10.0. The number of hydrogen-bond acceptors (Lipinski definition) is 1. The second kappa shape index (κ2) is 5.85. The molecule has 0 radical (unpaired) electrons. The van der Waals surface area contributed by atoms with Crippen LogP contribution >= 0.6 is 11.6 Å². The number of alkyl halides is 1. The van der Waals surface area contributed by atoms with Gasteiger partial charge in [-0.05, 0) is 41.8 Å². The summed E-state index contributed by atoms with van der Waals surface area (Å²) in [4.78, 5) is 4.17. The van der Waals surface area contributed by atoms with Gasteiger partial charge in [-0.15, -0.1) is 11.6 Å². The molecule has 2 nitrogen and oxygen atoms in total. The zero-order valence-corrected chi connectivity index (χ0v) is 11.3. The van der Waals surface area contributed by atoms with Crippen molar-refractivity contribution in [3.05, 3.63) is 53.8 Å². The summed E-state index contributed by atoms with van der Waals surface area (Å²) in [6.07, 6.45) is 0. The highest BCUT2D eigenvalue weighted by Crippen LogP contribution is 2.25. The van der Waals surface area contributed by atoms with Crippen LogP contribution in [0.25, 0.3) is 11.1 Å². The van der Waals surface area contributed by atoms with Gasteiger partial charge >= 0.3 is 0 Å². The summed E-state index contributed by atoms with van der Waals surface area (Å²) in [5.41, 5.74) is 8.63. The van der Waals surface area contributed by atoms with Gasteiger partial charge in [-0.25, -0.2) is 9.38 Å². The smallest absolute Gasteiger partial charge is 0.126 e. The molecule has 19 heavy (non-hydrogen) atoms. The van der Waals surface area contributed by atoms with Crippen LogP contribution in [0.2, 0.25) is 0 Å². The molecule has 4 heteroatoms.